The summed E-state index contributed by atoms with van der Waals surface area (Å²) in [7, 11) is 0. The topological polar surface area (TPSA) is 81.7 Å². The smallest absolute Gasteiger partial charge is 0.263 e. The number of nitrogens with zero attached hydrogens (tertiary/aromatic N) is 1. The summed E-state index contributed by atoms with van der Waals surface area (Å²) >= 11 is 6.03. The standard InChI is InChI=1S/C21H22ClN3O3/c22-14-9-10-16-17(13-14)24-20(27)21(16,28)18(23-15-7-3-1-4-8-15)19(26)25-11-5-2-6-12-25/h1,3-4,7-10,13,18,23,28H,2,5-6,11-12H2,(H,24,27). The molecular weight excluding hydrogens is 378 g/mol. The van der Waals surface area contributed by atoms with E-state index in [2.05, 4.69) is 10.6 Å². The molecule has 0 saturated carbocycles. The Hall–Kier alpha value is -2.57. The van der Waals surface area contributed by atoms with E-state index in [9.17, 15) is 14.7 Å². The van der Waals surface area contributed by atoms with Gasteiger partial charge in [-0.3, -0.25) is 9.59 Å². The summed E-state index contributed by atoms with van der Waals surface area (Å²) in [6.45, 7) is 1.24. The number of amides is 2. The number of carbonyl (C=O) groups is 2. The summed E-state index contributed by atoms with van der Waals surface area (Å²) in [5.74, 6) is -0.924. The third-order valence-corrected chi connectivity index (χ3v) is 5.64. The number of carbonyl (C=O) groups excluding carboxylic acids is 2. The largest absolute Gasteiger partial charge is 0.373 e. The van der Waals surface area contributed by atoms with Crippen LogP contribution < -0.4 is 10.6 Å². The molecule has 0 bridgehead atoms. The van der Waals surface area contributed by atoms with E-state index in [-0.39, 0.29) is 5.91 Å². The van der Waals surface area contributed by atoms with Crippen LogP contribution >= 0.6 is 11.6 Å². The van der Waals surface area contributed by atoms with Gasteiger partial charge in [-0.25, -0.2) is 0 Å². The number of hydrogen-bond donors (Lipinski definition) is 3. The molecule has 2 aliphatic rings. The highest BCUT2D eigenvalue weighted by Crippen LogP contribution is 2.41. The van der Waals surface area contributed by atoms with Gasteiger partial charge in [0.05, 0.1) is 0 Å². The molecule has 28 heavy (non-hydrogen) atoms. The van der Waals surface area contributed by atoms with Crippen LogP contribution in [0.15, 0.2) is 48.5 Å². The van der Waals surface area contributed by atoms with Gasteiger partial charge in [0.25, 0.3) is 5.91 Å². The van der Waals surface area contributed by atoms with Gasteiger partial charge < -0.3 is 20.6 Å². The van der Waals surface area contributed by atoms with Crippen LogP contribution in [-0.2, 0) is 15.2 Å². The normalized spacial score (nSPS) is 22.4. The Bertz CT molecular complexity index is 899. The van der Waals surface area contributed by atoms with Crippen LogP contribution in [-0.4, -0.2) is 41.0 Å². The highest BCUT2D eigenvalue weighted by molar-refractivity contribution is 6.31. The fourth-order valence-corrected chi connectivity index (χ4v) is 4.09. The van der Waals surface area contributed by atoms with Crippen molar-refractivity contribution >= 4 is 34.8 Å². The number of para-hydroxylation sites is 1. The Balaban J connectivity index is 1.76. The zero-order valence-corrected chi connectivity index (χ0v) is 16.1. The molecule has 1 saturated heterocycles. The molecular formula is C21H22ClN3O3. The molecule has 0 spiro atoms. The number of likely N-dealkylation sites (tertiary alicyclic amines) is 1. The molecule has 2 heterocycles. The Morgan fingerprint density at radius 3 is 2.57 bits per heavy atom. The van der Waals surface area contributed by atoms with Gasteiger partial charge in [0.15, 0.2) is 5.60 Å². The van der Waals surface area contributed by atoms with E-state index in [0.29, 0.717) is 35.1 Å². The average Bonchev–Trinajstić information content (AvgIpc) is 2.97. The third-order valence-electron chi connectivity index (χ3n) is 5.40. The molecule has 1 fully saturated rings. The number of fused-ring (bicyclic) bond motifs is 1. The first-order valence-corrected chi connectivity index (χ1v) is 9.82. The van der Waals surface area contributed by atoms with Crippen molar-refractivity contribution in [3.05, 3.63) is 59.1 Å². The zero-order valence-electron chi connectivity index (χ0n) is 15.3. The highest BCUT2D eigenvalue weighted by atomic mass is 35.5. The summed E-state index contributed by atoms with van der Waals surface area (Å²) in [6.07, 6.45) is 2.91. The molecule has 2 amide bonds. The fraction of sp³-hybridized carbons (Fsp3) is 0.333. The molecule has 3 N–H and O–H groups in total. The van der Waals surface area contributed by atoms with Crippen molar-refractivity contribution in [1.29, 1.82) is 0 Å². The molecule has 2 aliphatic heterocycles. The molecule has 0 aromatic heterocycles. The molecule has 2 unspecified atom stereocenters. The molecule has 2 aromatic rings. The molecule has 7 heteroatoms. The first-order chi connectivity index (χ1) is 13.5. The number of aliphatic hydroxyl groups is 1. The molecule has 146 valence electrons. The van der Waals surface area contributed by atoms with Crippen molar-refractivity contribution in [2.45, 2.75) is 30.9 Å². The second-order valence-corrected chi connectivity index (χ2v) is 7.68. The van der Waals surface area contributed by atoms with E-state index in [1.54, 1.807) is 35.2 Å². The number of nitrogens with one attached hydrogen (secondary N) is 2. The predicted octanol–water partition coefficient (Wildman–Crippen LogP) is 2.97. The maximum Gasteiger partial charge on any atom is 0.263 e. The first-order valence-electron chi connectivity index (χ1n) is 9.44. The lowest BCUT2D eigenvalue weighted by Crippen LogP contribution is -2.58. The van der Waals surface area contributed by atoms with E-state index >= 15 is 0 Å². The van der Waals surface area contributed by atoms with Gasteiger partial charge in [-0.05, 0) is 43.5 Å². The van der Waals surface area contributed by atoms with Crippen LogP contribution in [0.3, 0.4) is 0 Å². The summed E-state index contributed by atoms with van der Waals surface area (Å²) < 4.78 is 0. The Morgan fingerprint density at radius 2 is 1.86 bits per heavy atom. The van der Waals surface area contributed by atoms with Crippen molar-refractivity contribution < 1.29 is 14.7 Å². The number of anilines is 2. The monoisotopic (exact) mass is 399 g/mol. The lowest BCUT2D eigenvalue weighted by atomic mass is 9.86. The van der Waals surface area contributed by atoms with E-state index in [0.717, 1.165) is 19.3 Å². The maximum atomic E-state index is 13.4. The Morgan fingerprint density at radius 1 is 1.14 bits per heavy atom. The molecule has 6 nitrogen and oxygen atoms in total. The maximum absolute atomic E-state index is 13.4. The highest BCUT2D eigenvalue weighted by Gasteiger charge is 2.55. The summed E-state index contributed by atoms with van der Waals surface area (Å²) in [4.78, 5) is 28.0. The molecule has 2 aromatic carbocycles. The van der Waals surface area contributed by atoms with E-state index < -0.39 is 17.6 Å². The Labute approximate surface area is 168 Å². The molecule has 4 rings (SSSR count). The van der Waals surface area contributed by atoms with Crippen LogP contribution in [0.5, 0.6) is 0 Å². The molecule has 2 atom stereocenters. The van der Waals surface area contributed by atoms with E-state index in [1.807, 2.05) is 18.2 Å². The van der Waals surface area contributed by atoms with Gasteiger partial charge in [0.1, 0.15) is 6.04 Å². The number of benzene rings is 2. The fourth-order valence-electron chi connectivity index (χ4n) is 3.92. The lowest BCUT2D eigenvalue weighted by molar-refractivity contribution is -0.148. The third kappa shape index (κ3) is 3.23. The quantitative estimate of drug-likeness (QED) is 0.738. The van der Waals surface area contributed by atoms with Crippen LogP contribution in [0.4, 0.5) is 11.4 Å². The second-order valence-electron chi connectivity index (χ2n) is 7.24. The van der Waals surface area contributed by atoms with Crippen molar-refractivity contribution in [2.24, 2.45) is 0 Å². The minimum Gasteiger partial charge on any atom is -0.373 e. The van der Waals surface area contributed by atoms with Crippen LogP contribution in [0.1, 0.15) is 24.8 Å². The van der Waals surface area contributed by atoms with Gasteiger partial charge in [-0.2, -0.15) is 0 Å². The number of hydrogen-bond acceptors (Lipinski definition) is 4. The van der Waals surface area contributed by atoms with Crippen LogP contribution in [0, 0.1) is 0 Å². The van der Waals surface area contributed by atoms with Crippen molar-refractivity contribution in [3.8, 4) is 0 Å². The number of piperidine rings is 1. The zero-order chi connectivity index (χ0) is 19.7. The minimum atomic E-state index is -2.04. The van der Waals surface area contributed by atoms with Crippen LogP contribution in [0.2, 0.25) is 5.02 Å². The Kier molecular flexibility index (Phi) is 5.00. The lowest BCUT2D eigenvalue weighted by Gasteiger charge is -2.36. The summed E-state index contributed by atoms with van der Waals surface area (Å²) in [5.41, 5.74) is -0.613. The van der Waals surface area contributed by atoms with Gasteiger partial charge in [0, 0.05) is 35.1 Å². The number of halogens is 1. The van der Waals surface area contributed by atoms with E-state index in [1.165, 1.54) is 0 Å². The van der Waals surface area contributed by atoms with Gasteiger partial charge in [-0.1, -0.05) is 35.9 Å². The van der Waals surface area contributed by atoms with E-state index in [4.69, 9.17) is 11.6 Å². The van der Waals surface area contributed by atoms with Gasteiger partial charge >= 0.3 is 0 Å². The van der Waals surface area contributed by atoms with Gasteiger partial charge in [0.2, 0.25) is 5.91 Å². The average molecular weight is 400 g/mol. The second kappa shape index (κ2) is 7.45. The van der Waals surface area contributed by atoms with Gasteiger partial charge in [-0.15, -0.1) is 0 Å². The van der Waals surface area contributed by atoms with Crippen molar-refractivity contribution in [3.63, 3.8) is 0 Å². The first kappa shape index (κ1) is 18.8. The minimum absolute atomic E-state index is 0.288. The van der Waals surface area contributed by atoms with Crippen molar-refractivity contribution in [1.82, 2.24) is 4.90 Å². The summed E-state index contributed by atoms with van der Waals surface area (Å²) in [6, 6.07) is 12.8. The van der Waals surface area contributed by atoms with Crippen LogP contribution in [0.25, 0.3) is 0 Å². The SMILES string of the molecule is O=C(C(Nc1ccccc1)C1(O)C(=O)Nc2cc(Cl)ccc21)N1CCCCC1. The predicted molar refractivity (Wildman–Crippen MR) is 108 cm³/mol. The summed E-state index contributed by atoms with van der Waals surface area (Å²) in [5, 5.41) is 17.8. The number of rotatable bonds is 4. The molecule has 0 radical (unpaired) electrons. The van der Waals surface area contributed by atoms with Crippen molar-refractivity contribution in [2.75, 3.05) is 23.7 Å². The molecule has 0 aliphatic carbocycles.